The van der Waals surface area contributed by atoms with E-state index in [-0.39, 0.29) is 11.8 Å². The fraction of sp³-hybridized carbons (Fsp3) is 0.158. The van der Waals surface area contributed by atoms with Gasteiger partial charge >= 0.3 is 0 Å². The Morgan fingerprint density at radius 2 is 1.52 bits per heavy atom. The number of rotatable bonds is 4. The van der Waals surface area contributed by atoms with Crippen molar-refractivity contribution in [2.45, 2.75) is 13.3 Å². The van der Waals surface area contributed by atoms with Gasteiger partial charge in [0.15, 0.2) is 0 Å². The smallest absolute Gasteiger partial charge is 0.258 e. The lowest BCUT2D eigenvalue weighted by Gasteiger charge is -2.24. The quantitative estimate of drug-likeness (QED) is 0.812. The van der Waals surface area contributed by atoms with Crippen molar-refractivity contribution in [3.63, 3.8) is 0 Å². The third-order valence-corrected chi connectivity index (χ3v) is 3.86. The van der Waals surface area contributed by atoms with E-state index in [4.69, 9.17) is 0 Å². The maximum atomic E-state index is 12.6. The minimum atomic E-state index is -0.615. The number of benzene rings is 2. The summed E-state index contributed by atoms with van der Waals surface area (Å²) in [5, 5.41) is 2.87. The number of carbonyl (C=O) groups excluding carboxylic acids is 2. The Morgan fingerprint density at radius 3 is 2.13 bits per heavy atom. The Labute approximate surface area is 135 Å². The van der Waals surface area contributed by atoms with Gasteiger partial charge in [-0.3, -0.25) is 9.59 Å². The molecule has 0 radical (unpaired) electrons. The maximum Gasteiger partial charge on any atom is 0.258 e. The lowest BCUT2D eigenvalue weighted by molar-refractivity contribution is -0.130. The van der Waals surface area contributed by atoms with E-state index in [1.165, 1.54) is 10.0 Å². The number of hydrogen-bond acceptors (Lipinski definition) is 2. The Balaban J connectivity index is 1.96. The van der Waals surface area contributed by atoms with Gasteiger partial charge in [-0.2, -0.15) is 0 Å². The molecule has 23 heavy (non-hydrogen) atoms. The van der Waals surface area contributed by atoms with E-state index in [0.29, 0.717) is 12.1 Å². The Bertz CT molecular complexity index is 726. The monoisotopic (exact) mass is 306 g/mol. The van der Waals surface area contributed by atoms with Crippen LogP contribution < -0.4 is 5.01 Å². The van der Waals surface area contributed by atoms with Gasteiger partial charge in [0.1, 0.15) is 5.92 Å². The van der Waals surface area contributed by atoms with Gasteiger partial charge in [-0.25, -0.2) is 10.0 Å². The molecule has 1 atom stereocenters. The van der Waals surface area contributed by atoms with Gasteiger partial charge in [-0.05, 0) is 30.2 Å². The lowest BCUT2D eigenvalue weighted by atomic mass is 10.1. The molecule has 1 unspecified atom stereocenters. The molecule has 0 aliphatic carbocycles. The molecule has 2 aromatic rings. The number of nitrogens with zero attached hydrogens (tertiary/aromatic N) is 2. The topological polar surface area (TPSA) is 40.6 Å². The summed E-state index contributed by atoms with van der Waals surface area (Å²) in [6, 6.07) is 18.9. The van der Waals surface area contributed by atoms with E-state index >= 15 is 0 Å². The molecule has 1 aliphatic rings. The van der Waals surface area contributed by atoms with Crippen LogP contribution in [0.15, 0.2) is 66.9 Å². The zero-order chi connectivity index (χ0) is 16.2. The molecule has 1 saturated heterocycles. The van der Waals surface area contributed by atoms with Crippen LogP contribution in [0.2, 0.25) is 0 Å². The number of hydrazine groups is 1. The van der Waals surface area contributed by atoms with Gasteiger partial charge in [0.05, 0.1) is 5.69 Å². The van der Waals surface area contributed by atoms with Gasteiger partial charge in [0.25, 0.3) is 11.8 Å². The number of para-hydroxylation sites is 1. The predicted molar refractivity (Wildman–Crippen MR) is 90.0 cm³/mol. The summed E-state index contributed by atoms with van der Waals surface area (Å²) in [7, 11) is 0. The highest BCUT2D eigenvalue weighted by Gasteiger charge is 2.44. The van der Waals surface area contributed by atoms with Crippen molar-refractivity contribution in [3.8, 4) is 0 Å². The van der Waals surface area contributed by atoms with Crippen molar-refractivity contribution in [2.24, 2.45) is 5.92 Å². The van der Waals surface area contributed by atoms with E-state index in [9.17, 15) is 9.59 Å². The number of amides is 2. The van der Waals surface area contributed by atoms with Crippen molar-refractivity contribution in [1.82, 2.24) is 5.01 Å². The first-order valence-corrected chi connectivity index (χ1v) is 7.67. The summed E-state index contributed by atoms with van der Waals surface area (Å²) in [4.78, 5) is 25.2. The van der Waals surface area contributed by atoms with Gasteiger partial charge in [0.2, 0.25) is 0 Å². The van der Waals surface area contributed by atoms with Gasteiger partial charge in [-0.1, -0.05) is 55.5 Å². The summed E-state index contributed by atoms with van der Waals surface area (Å²) < 4.78 is 0. The fourth-order valence-electron chi connectivity index (χ4n) is 2.65. The fourth-order valence-corrected chi connectivity index (χ4v) is 2.65. The molecule has 1 aliphatic heterocycles. The van der Waals surface area contributed by atoms with Crippen molar-refractivity contribution >= 4 is 23.6 Å². The van der Waals surface area contributed by atoms with E-state index in [1.807, 2.05) is 73.7 Å². The van der Waals surface area contributed by atoms with Crippen LogP contribution >= 0.6 is 0 Å². The molecule has 116 valence electrons. The molecule has 0 spiro atoms. The molecule has 3 rings (SSSR count). The zero-order valence-corrected chi connectivity index (χ0v) is 12.9. The van der Waals surface area contributed by atoms with Crippen LogP contribution in [-0.4, -0.2) is 16.8 Å². The maximum absolute atomic E-state index is 12.6. The van der Waals surface area contributed by atoms with Crippen LogP contribution in [0.1, 0.15) is 18.9 Å². The zero-order valence-electron chi connectivity index (χ0n) is 12.9. The molecule has 2 amide bonds. The van der Waals surface area contributed by atoms with Gasteiger partial charge < -0.3 is 0 Å². The van der Waals surface area contributed by atoms with Crippen molar-refractivity contribution in [2.75, 3.05) is 5.01 Å². The molecule has 4 heteroatoms. The van der Waals surface area contributed by atoms with Crippen molar-refractivity contribution in [1.29, 1.82) is 0 Å². The molecule has 0 N–H and O–H groups in total. The van der Waals surface area contributed by atoms with Crippen LogP contribution in [0.25, 0.3) is 6.08 Å². The van der Waals surface area contributed by atoms with Crippen LogP contribution in [0.4, 0.5) is 5.69 Å². The second-order valence-electron chi connectivity index (χ2n) is 5.36. The summed E-state index contributed by atoms with van der Waals surface area (Å²) in [6.45, 7) is 1.86. The number of anilines is 1. The summed E-state index contributed by atoms with van der Waals surface area (Å²) in [6.07, 6.45) is 3.99. The molecule has 0 aromatic heterocycles. The van der Waals surface area contributed by atoms with Gasteiger partial charge in [0, 0.05) is 6.20 Å². The number of carbonyl (C=O) groups is 2. The Morgan fingerprint density at radius 1 is 0.913 bits per heavy atom. The minimum absolute atomic E-state index is 0.179. The lowest BCUT2D eigenvalue weighted by Crippen LogP contribution is -2.37. The Hall–Kier alpha value is -2.88. The van der Waals surface area contributed by atoms with E-state index < -0.39 is 5.92 Å². The average molecular weight is 306 g/mol. The van der Waals surface area contributed by atoms with E-state index in [1.54, 1.807) is 6.20 Å². The van der Waals surface area contributed by atoms with Crippen LogP contribution in [0.5, 0.6) is 0 Å². The standard InChI is InChI=1S/C19H18N2O2/c1-2-17-18(22)20(14-13-15-9-5-3-6-10-15)21(19(17)23)16-11-7-4-8-12-16/h3-14,17H,2H2,1H3. The minimum Gasteiger partial charge on any atom is -0.272 e. The molecule has 4 nitrogen and oxygen atoms in total. The van der Waals surface area contributed by atoms with Gasteiger partial charge in [-0.15, -0.1) is 0 Å². The highest BCUT2D eigenvalue weighted by Crippen LogP contribution is 2.29. The molecule has 2 aromatic carbocycles. The number of hydrogen-bond donors (Lipinski definition) is 0. The van der Waals surface area contributed by atoms with E-state index in [0.717, 1.165) is 5.56 Å². The SMILES string of the molecule is CCC1C(=O)N(C=Cc2ccccc2)N(c2ccccc2)C1=O. The summed E-state index contributed by atoms with van der Waals surface area (Å²) >= 11 is 0. The highest BCUT2D eigenvalue weighted by molar-refractivity contribution is 6.14. The molecular formula is C19H18N2O2. The average Bonchev–Trinajstić information content (AvgIpc) is 2.84. The van der Waals surface area contributed by atoms with E-state index in [2.05, 4.69) is 0 Å². The van der Waals surface area contributed by atoms with Crippen molar-refractivity contribution in [3.05, 3.63) is 72.4 Å². The molecule has 1 heterocycles. The summed E-state index contributed by atoms with van der Waals surface area (Å²) in [5.41, 5.74) is 1.67. The first-order valence-electron chi connectivity index (χ1n) is 7.67. The third-order valence-electron chi connectivity index (χ3n) is 3.86. The largest absolute Gasteiger partial charge is 0.272 e. The molecular weight excluding hydrogens is 288 g/mol. The van der Waals surface area contributed by atoms with Crippen molar-refractivity contribution < 1.29 is 9.59 Å². The molecule has 1 fully saturated rings. The second-order valence-corrected chi connectivity index (χ2v) is 5.36. The predicted octanol–water partition coefficient (Wildman–Crippen LogP) is 3.47. The highest BCUT2D eigenvalue weighted by atomic mass is 16.2. The normalized spacial score (nSPS) is 18.2. The van der Waals surface area contributed by atoms with Crippen LogP contribution in [0.3, 0.4) is 0 Å². The second kappa shape index (κ2) is 6.48. The third kappa shape index (κ3) is 2.88. The van der Waals surface area contributed by atoms with Crippen LogP contribution in [-0.2, 0) is 9.59 Å². The first kappa shape index (κ1) is 15.0. The Kier molecular flexibility index (Phi) is 4.24. The molecule has 0 bridgehead atoms. The first-order chi connectivity index (χ1) is 11.2. The molecule has 0 saturated carbocycles. The summed E-state index contributed by atoms with van der Waals surface area (Å²) in [5.74, 6) is -0.981. The van der Waals surface area contributed by atoms with Crippen LogP contribution in [0, 0.1) is 5.92 Å².